The lowest BCUT2D eigenvalue weighted by Gasteiger charge is -2.24. The number of nitrogens with one attached hydrogen (secondary N) is 1. The minimum atomic E-state index is -1.05. The van der Waals surface area contributed by atoms with Crippen LogP contribution in [0.2, 0.25) is 0 Å². The van der Waals surface area contributed by atoms with Crippen molar-refractivity contribution in [1.82, 2.24) is 10.2 Å². The lowest BCUT2D eigenvalue weighted by atomic mass is 10.0. The maximum atomic E-state index is 12.9. The van der Waals surface area contributed by atoms with Gasteiger partial charge in [0.25, 0.3) is 0 Å². The number of benzene rings is 3. The summed E-state index contributed by atoms with van der Waals surface area (Å²) in [6.45, 7) is 0.324. The average Bonchev–Trinajstić information content (AvgIpc) is 3.20. The maximum Gasteiger partial charge on any atom is 0.304 e. The Hall–Kier alpha value is -4.64. The van der Waals surface area contributed by atoms with E-state index in [0.29, 0.717) is 24.3 Å². The number of aliphatic carboxylic acids is 1. The van der Waals surface area contributed by atoms with Gasteiger partial charge in [-0.25, -0.2) is 0 Å². The summed E-state index contributed by atoms with van der Waals surface area (Å²) in [5.41, 5.74) is 3.47. The normalized spacial score (nSPS) is 16.7. The van der Waals surface area contributed by atoms with E-state index in [4.69, 9.17) is 10.00 Å². The first kappa shape index (κ1) is 25.5. The zero-order valence-electron chi connectivity index (χ0n) is 20.2. The van der Waals surface area contributed by atoms with Crippen LogP contribution in [0.4, 0.5) is 0 Å². The summed E-state index contributed by atoms with van der Waals surface area (Å²) in [6.07, 6.45) is 0.0250. The van der Waals surface area contributed by atoms with Crippen molar-refractivity contribution in [2.45, 2.75) is 25.4 Å². The number of carbonyl (C=O) groups is 3. The Labute approximate surface area is 215 Å². The summed E-state index contributed by atoms with van der Waals surface area (Å²) in [4.78, 5) is 38.2. The van der Waals surface area contributed by atoms with E-state index in [0.717, 1.165) is 16.7 Å². The Morgan fingerprint density at radius 1 is 1.00 bits per heavy atom. The summed E-state index contributed by atoms with van der Waals surface area (Å²) >= 11 is 0. The van der Waals surface area contributed by atoms with E-state index in [1.165, 1.54) is 4.90 Å². The number of carboxylic acids is 1. The summed E-state index contributed by atoms with van der Waals surface area (Å²) in [5, 5.41) is 21.0. The third-order valence-corrected chi connectivity index (χ3v) is 6.34. The second-order valence-corrected chi connectivity index (χ2v) is 8.94. The molecule has 1 aliphatic rings. The molecule has 4 rings (SSSR count). The lowest BCUT2D eigenvalue weighted by molar-refractivity contribution is -0.143. The van der Waals surface area contributed by atoms with Gasteiger partial charge in [-0.05, 0) is 47.4 Å². The quantitative estimate of drug-likeness (QED) is 0.442. The monoisotopic (exact) mass is 497 g/mol. The van der Waals surface area contributed by atoms with Crippen LogP contribution < -0.4 is 10.1 Å². The number of hydrogen-bond acceptors (Lipinski definition) is 5. The molecule has 8 heteroatoms. The molecular formula is C29H27N3O5. The molecule has 3 aromatic carbocycles. The van der Waals surface area contributed by atoms with E-state index >= 15 is 0 Å². The smallest absolute Gasteiger partial charge is 0.304 e. The molecule has 1 heterocycles. The van der Waals surface area contributed by atoms with Crippen molar-refractivity contribution in [3.63, 3.8) is 0 Å². The molecule has 0 saturated carbocycles. The topological polar surface area (TPSA) is 120 Å². The number of likely N-dealkylation sites (tertiary alicyclic amines) is 1. The number of ether oxygens (including phenoxy) is 1. The molecule has 188 valence electrons. The Morgan fingerprint density at radius 3 is 2.27 bits per heavy atom. The van der Waals surface area contributed by atoms with Crippen LogP contribution in [0.25, 0.3) is 11.1 Å². The average molecular weight is 498 g/mol. The van der Waals surface area contributed by atoms with Crippen molar-refractivity contribution in [2.75, 3.05) is 13.2 Å². The zero-order chi connectivity index (χ0) is 26.2. The standard InChI is InChI=1S/C29H27N3O5/c30-16-20-6-8-22(9-7-20)23-10-12-26(13-11-23)37-19-25-14-24(15-28(34)35)29(36)32(25)18-27(33)31-17-21-4-2-1-3-5-21/h1-13,24-25H,14-15,17-19H2,(H,31,33)(H,34,35)/t24-,25-/m0/s1. The second-order valence-electron chi connectivity index (χ2n) is 8.94. The molecule has 0 bridgehead atoms. The predicted molar refractivity (Wildman–Crippen MR) is 136 cm³/mol. The molecule has 1 fully saturated rings. The fraction of sp³-hybridized carbons (Fsp3) is 0.241. The SMILES string of the molecule is N#Cc1ccc(-c2ccc(OC[C@@H]3C[C@@H](CC(=O)O)C(=O)N3CC(=O)NCc3ccccc3)cc2)cc1. The molecule has 0 unspecified atom stereocenters. The first-order valence-corrected chi connectivity index (χ1v) is 12.0. The molecule has 0 spiro atoms. The predicted octanol–water partition coefficient (Wildman–Crippen LogP) is 3.61. The number of carbonyl (C=O) groups excluding carboxylic acids is 2. The molecule has 8 nitrogen and oxygen atoms in total. The lowest BCUT2D eigenvalue weighted by Crippen LogP contribution is -2.44. The van der Waals surface area contributed by atoms with Crippen LogP contribution in [0, 0.1) is 17.2 Å². The molecule has 0 radical (unpaired) electrons. The molecule has 3 aromatic rings. The van der Waals surface area contributed by atoms with Crippen molar-refractivity contribution < 1.29 is 24.2 Å². The minimum Gasteiger partial charge on any atom is -0.491 e. The molecule has 37 heavy (non-hydrogen) atoms. The fourth-order valence-electron chi connectivity index (χ4n) is 4.40. The molecule has 1 saturated heterocycles. The van der Waals surface area contributed by atoms with Gasteiger partial charge in [0, 0.05) is 6.54 Å². The largest absolute Gasteiger partial charge is 0.491 e. The highest BCUT2D eigenvalue weighted by Gasteiger charge is 2.41. The molecule has 2 N–H and O–H groups in total. The number of amides is 2. The van der Waals surface area contributed by atoms with Crippen molar-refractivity contribution in [2.24, 2.45) is 5.92 Å². The van der Waals surface area contributed by atoms with Gasteiger partial charge in [-0.1, -0.05) is 54.6 Å². The van der Waals surface area contributed by atoms with E-state index < -0.39 is 17.9 Å². The number of carboxylic acid groups (broad SMARTS) is 1. The third-order valence-electron chi connectivity index (χ3n) is 6.34. The van der Waals surface area contributed by atoms with Crippen molar-refractivity contribution in [3.8, 4) is 22.9 Å². The van der Waals surface area contributed by atoms with Gasteiger partial charge in [0.2, 0.25) is 11.8 Å². The van der Waals surface area contributed by atoms with Gasteiger partial charge in [0.1, 0.15) is 12.4 Å². The number of hydrogen-bond donors (Lipinski definition) is 2. The molecule has 0 aliphatic carbocycles. The van der Waals surface area contributed by atoms with Crippen LogP contribution in [0.5, 0.6) is 5.75 Å². The van der Waals surface area contributed by atoms with E-state index in [9.17, 15) is 19.5 Å². The van der Waals surface area contributed by atoms with Gasteiger partial charge in [-0.15, -0.1) is 0 Å². The van der Waals surface area contributed by atoms with Gasteiger partial charge in [0.15, 0.2) is 0 Å². The van der Waals surface area contributed by atoms with Crippen LogP contribution >= 0.6 is 0 Å². The van der Waals surface area contributed by atoms with E-state index in [1.807, 2.05) is 66.7 Å². The Balaban J connectivity index is 1.38. The van der Waals surface area contributed by atoms with E-state index in [2.05, 4.69) is 11.4 Å². The Bertz CT molecular complexity index is 1280. The van der Waals surface area contributed by atoms with Crippen molar-refractivity contribution in [1.29, 1.82) is 5.26 Å². The Kier molecular flexibility index (Phi) is 8.16. The van der Waals surface area contributed by atoms with Crippen LogP contribution in [-0.2, 0) is 20.9 Å². The minimum absolute atomic E-state index is 0.143. The molecular weight excluding hydrogens is 470 g/mol. The fourth-order valence-corrected chi connectivity index (χ4v) is 4.40. The highest BCUT2D eigenvalue weighted by atomic mass is 16.5. The summed E-state index contributed by atoms with van der Waals surface area (Å²) in [6, 6.07) is 25.8. The van der Waals surface area contributed by atoms with Crippen LogP contribution in [0.15, 0.2) is 78.9 Å². The highest BCUT2D eigenvalue weighted by Crippen LogP contribution is 2.29. The Morgan fingerprint density at radius 2 is 1.65 bits per heavy atom. The zero-order valence-corrected chi connectivity index (χ0v) is 20.2. The van der Waals surface area contributed by atoms with Crippen molar-refractivity contribution in [3.05, 3.63) is 90.0 Å². The van der Waals surface area contributed by atoms with Gasteiger partial charge >= 0.3 is 5.97 Å². The molecule has 2 amide bonds. The summed E-state index contributed by atoms with van der Waals surface area (Å²) in [7, 11) is 0. The van der Waals surface area contributed by atoms with Crippen LogP contribution in [0.1, 0.15) is 24.0 Å². The first-order valence-electron chi connectivity index (χ1n) is 12.0. The van der Waals surface area contributed by atoms with Crippen LogP contribution in [-0.4, -0.2) is 47.0 Å². The van der Waals surface area contributed by atoms with Gasteiger partial charge < -0.3 is 20.1 Å². The van der Waals surface area contributed by atoms with E-state index in [-0.39, 0.29) is 31.4 Å². The second kappa shape index (κ2) is 11.9. The highest BCUT2D eigenvalue weighted by molar-refractivity contribution is 5.89. The number of nitriles is 1. The summed E-state index contributed by atoms with van der Waals surface area (Å²) < 4.78 is 5.94. The molecule has 1 aliphatic heterocycles. The third kappa shape index (κ3) is 6.73. The van der Waals surface area contributed by atoms with E-state index in [1.54, 1.807) is 12.1 Å². The molecule has 2 atom stereocenters. The molecule has 0 aromatic heterocycles. The van der Waals surface area contributed by atoms with Gasteiger partial charge in [-0.2, -0.15) is 5.26 Å². The van der Waals surface area contributed by atoms with Crippen molar-refractivity contribution >= 4 is 17.8 Å². The number of rotatable bonds is 10. The number of nitrogens with zero attached hydrogens (tertiary/aromatic N) is 2. The maximum absolute atomic E-state index is 12.9. The van der Waals surface area contributed by atoms with Crippen LogP contribution in [0.3, 0.4) is 0 Å². The van der Waals surface area contributed by atoms with Gasteiger partial charge in [-0.3, -0.25) is 14.4 Å². The van der Waals surface area contributed by atoms with Gasteiger partial charge in [0.05, 0.1) is 36.6 Å². The first-order chi connectivity index (χ1) is 17.9. The summed E-state index contributed by atoms with van der Waals surface area (Å²) in [5.74, 6) is -1.80.